The molecule has 0 amide bonds. The van der Waals surface area contributed by atoms with E-state index >= 15 is 0 Å². The summed E-state index contributed by atoms with van der Waals surface area (Å²) in [7, 11) is 1.82. The fourth-order valence-electron chi connectivity index (χ4n) is 3.52. The number of piperidine rings is 1. The lowest BCUT2D eigenvalue weighted by molar-refractivity contribution is -0.110. The molecule has 0 radical (unpaired) electrons. The summed E-state index contributed by atoms with van der Waals surface area (Å²) < 4.78 is 5.42. The lowest BCUT2D eigenvalue weighted by Crippen LogP contribution is -2.67. The second-order valence-corrected chi connectivity index (χ2v) is 5.45. The molecule has 1 saturated carbocycles. The zero-order chi connectivity index (χ0) is 11.6. The second-order valence-electron chi connectivity index (χ2n) is 5.45. The van der Waals surface area contributed by atoms with Crippen LogP contribution in [0.1, 0.15) is 45.4 Å². The van der Waals surface area contributed by atoms with Gasteiger partial charge >= 0.3 is 0 Å². The van der Waals surface area contributed by atoms with Crippen LogP contribution < -0.4 is 5.73 Å². The highest BCUT2D eigenvalue weighted by molar-refractivity contribution is 5.06. The van der Waals surface area contributed by atoms with E-state index in [0.29, 0.717) is 6.10 Å². The maximum absolute atomic E-state index is 6.04. The Morgan fingerprint density at radius 3 is 2.69 bits per heavy atom. The van der Waals surface area contributed by atoms with E-state index in [0.717, 1.165) is 25.4 Å². The summed E-state index contributed by atoms with van der Waals surface area (Å²) in [6, 6.07) is 0.759. The molecular weight excluding hydrogens is 200 g/mol. The van der Waals surface area contributed by atoms with Gasteiger partial charge in [0.2, 0.25) is 0 Å². The van der Waals surface area contributed by atoms with E-state index in [1.54, 1.807) is 0 Å². The molecule has 3 heteroatoms. The van der Waals surface area contributed by atoms with Gasteiger partial charge in [-0.2, -0.15) is 0 Å². The fourth-order valence-corrected chi connectivity index (χ4v) is 3.52. The number of hydrogen-bond donors (Lipinski definition) is 1. The fraction of sp³-hybridized carbons (Fsp3) is 1.00. The molecule has 94 valence electrons. The summed E-state index contributed by atoms with van der Waals surface area (Å²) in [5.41, 5.74) is 6.30. The molecule has 1 aliphatic heterocycles. The molecule has 2 rings (SSSR count). The maximum atomic E-state index is 6.04. The predicted molar refractivity (Wildman–Crippen MR) is 66.5 cm³/mol. The first-order valence-electron chi connectivity index (χ1n) is 6.75. The molecule has 0 spiro atoms. The molecule has 0 bridgehead atoms. The van der Waals surface area contributed by atoms with E-state index in [1.165, 1.54) is 32.2 Å². The van der Waals surface area contributed by atoms with E-state index in [-0.39, 0.29) is 5.54 Å². The van der Waals surface area contributed by atoms with Gasteiger partial charge in [0.1, 0.15) is 0 Å². The van der Waals surface area contributed by atoms with Gasteiger partial charge in [-0.25, -0.2) is 0 Å². The van der Waals surface area contributed by atoms with Crippen molar-refractivity contribution in [2.75, 3.05) is 20.2 Å². The van der Waals surface area contributed by atoms with Crippen molar-refractivity contribution >= 4 is 0 Å². The van der Waals surface area contributed by atoms with E-state index in [1.807, 2.05) is 7.11 Å². The van der Waals surface area contributed by atoms with Gasteiger partial charge in [-0.1, -0.05) is 13.3 Å². The Bertz CT molecular complexity index is 226. The van der Waals surface area contributed by atoms with Gasteiger partial charge < -0.3 is 10.5 Å². The quantitative estimate of drug-likeness (QED) is 0.794. The number of likely N-dealkylation sites (tertiary alicyclic amines) is 1. The van der Waals surface area contributed by atoms with Crippen LogP contribution in [0, 0.1) is 0 Å². The first-order chi connectivity index (χ1) is 7.75. The van der Waals surface area contributed by atoms with Crippen molar-refractivity contribution < 1.29 is 4.74 Å². The standard InChI is InChI=1S/C13H26N2O/c1-3-11-6-4-5-7-15(11)13(10-14)8-12(9-13)16-2/h11-12H,3-10,14H2,1-2H3. The minimum atomic E-state index is 0.266. The first-order valence-corrected chi connectivity index (χ1v) is 6.75. The Kier molecular flexibility index (Phi) is 3.88. The van der Waals surface area contributed by atoms with Gasteiger partial charge in [0.15, 0.2) is 0 Å². The van der Waals surface area contributed by atoms with E-state index in [9.17, 15) is 0 Å². The van der Waals surface area contributed by atoms with Crippen LogP contribution in [0.4, 0.5) is 0 Å². The zero-order valence-corrected chi connectivity index (χ0v) is 10.7. The largest absolute Gasteiger partial charge is 0.381 e. The van der Waals surface area contributed by atoms with Crippen LogP contribution in [0.2, 0.25) is 0 Å². The van der Waals surface area contributed by atoms with Crippen molar-refractivity contribution in [3.63, 3.8) is 0 Å². The molecule has 0 aromatic rings. The second kappa shape index (κ2) is 5.03. The molecule has 2 N–H and O–H groups in total. The van der Waals surface area contributed by atoms with Gasteiger partial charge in [-0.15, -0.1) is 0 Å². The van der Waals surface area contributed by atoms with E-state index < -0.39 is 0 Å². The molecule has 16 heavy (non-hydrogen) atoms. The normalized spacial score (nSPS) is 40.7. The minimum Gasteiger partial charge on any atom is -0.381 e. The number of methoxy groups -OCH3 is 1. The van der Waals surface area contributed by atoms with Crippen molar-refractivity contribution in [3.8, 4) is 0 Å². The van der Waals surface area contributed by atoms with E-state index in [4.69, 9.17) is 10.5 Å². The summed E-state index contributed by atoms with van der Waals surface area (Å²) in [4.78, 5) is 2.70. The maximum Gasteiger partial charge on any atom is 0.0607 e. The Morgan fingerprint density at radius 2 is 2.12 bits per heavy atom. The number of rotatable bonds is 4. The lowest BCUT2D eigenvalue weighted by Gasteiger charge is -2.57. The summed E-state index contributed by atoms with van der Waals surface area (Å²) in [6.07, 6.45) is 8.07. The van der Waals surface area contributed by atoms with Crippen LogP contribution >= 0.6 is 0 Å². The van der Waals surface area contributed by atoms with Crippen molar-refractivity contribution in [1.29, 1.82) is 0 Å². The molecule has 1 atom stereocenters. The van der Waals surface area contributed by atoms with Gasteiger partial charge in [-0.05, 0) is 38.6 Å². The van der Waals surface area contributed by atoms with Crippen LogP contribution in [-0.4, -0.2) is 42.8 Å². The highest BCUT2D eigenvalue weighted by Crippen LogP contribution is 2.42. The van der Waals surface area contributed by atoms with Crippen molar-refractivity contribution in [2.24, 2.45) is 5.73 Å². The third-order valence-corrected chi connectivity index (χ3v) is 4.64. The van der Waals surface area contributed by atoms with Crippen LogP contribution in [0.3, 0.4) is 0 Å². The summed E-state index contributed by atoms with van der Waals surface area (Å²) in [5, 5.41) is 0. The van der Waals surface area contributed by atoms with Crippen LogP contribution in [-0.2, 0) is 4.74 Å². The molecule has 1 unspecified atom stereocenters. The average molecular weight is 226 g/mol. The Balaban J connectivity index is 2.02. The molecular formula is C13H26N2O. The number of nitrogens with two attached hydrogens (primary N) is 1. The van der Waals surface area contributed by atoms with Crippen LogP contribution in [0.5, 0.6) is 0 Å². The SMILES string of the molecule is CCC1CCCCN1C1(CN)CC(OC)C1. The highest BCUT2D eigenvalue weighted by atomic mass is 16.5. The number of hydrogen-bond acceptors (Lipinski definition) is 3. The third kappa shape index (κ3) is 2.01. The molecule has 1 saturated heterocycles. The highest BCUT2D eigenvalue weighted by Gasteiger charge is 2.49. The monoisotopic (exact) mass is 226 g/mol. The van der Waals surface area contributed by atoms with Crippen molar-refractivity contribution in [1.82, 2.24) is 4.90 Å². The topological polar surface area (TPSA) is 38.5 Å². The molecule has 1 heterocycles. The number of nitrogens with zero attached hydrogens (tertiary/aromatic N) is 1. The molecule has 2 fully saturated rings. The van der Waals surface area contributed by atoms with E-state index in [2.05, 4.69) is 11.8 Å². The molecule has 3 nitrogen and oxygen atoms in total. The minimum absolute atomic E-state index is 0.266. The summed E-state index contributed by atoms with van der Waals surface area (Å²) in [5.74, 6) is 0. The van der Waals surface area contributed by atoms with Gasteiger partial charge in [-0.3, -0.25) is 4.90 Å². The van der Waals surface area contributed by atoms with Gasteiger partial charge in [0.05, 0.1) is 6.10 Å². The molecule has 1 aliphatic carbocycles. The Labute approximate surface area is 99.3 Å². The third-order valence-electron chi connectivity index (χ3n) is 4.64. The molecule has 2 aliphatic rings. The smallest absolute Gasteiger partial charge is 0.0607 e. The van der Waals surface area contributed by atoms with Crippen LogP contribution in [0.15, 0.2) is 0 Å². The molecule has 0 aromatic carbocycles. The van der Waals surface area contributed by atoms with Gasteiger partial charge in [0.25, 0.3) is 0 Å². The first kappa shape index (κ1) is 12.3. The Hall–Kier alpha value is -0.120. The number of ether oxygens (including phenoxy) is 1. The summed E-state index contributed by atoms with van der Waals surface area (Å²) >= 11 is 0. The average Bonchev–Trinajstić information content (AvgIpc) is 2.29. The lowest BCUT2D eigenvalue weighted by atomic mass is 9.71. The predicted octanol–water partition coefficient (Wildman–Crippen LogP) is 1.76. The zero-order valence-electron chi connectivity index (χ0n) is 10.7. The Morgan fingerprint density at radius 1 is 1.38 bits per heavy atom. The van der Waals surface area contributed by atoms with Crippen molar-refractivity contribution in [3.05, 3.63) is 0 Å². The summed E-state index contributed by atoms with van der Waals surface area (Å²) in [6.45, 7) is 4.34. The van der Waals surface area contributed by atoms with Crippen LogP contribution in [0.25, 0.3) is 0 Å². The molecule has 0 aromatic heterocycles. The van der Waals surface area contributed by atoms with Crippen molar-refractivity contribution in [2.45, 2.75) is 63.1 Å². The van der Waals surface area contributed by atoms with Gasteiger partial charge in [0, 0.05) is 25.2 Å².